The van der Waals surface area contributed by atoms with Crippen molar-refractivity contribution in [2.45, 2.75) is 53.9 Å². The lowest BCUT2D eigenvalue weighted by Crippen LogP contribution is -2.10. The SMILES string of the molecule is CCC(C)(C)CC1=CC(C)=C(C)C1. The Morgan fingerprint density at radius 1 is 1.31 bits per heavy atom. The summed E-state index contributed by atoms with van der Waals surface area (Å²) in [6, 6.07) is 0. The first kappa shape index (κ1) is 10.6. The molecule has 0 nitrogen and oxygen atoms in total. The molecule has 1 aliphatic carbocycles. The molecule has 0 bridgehead atoms. The zero-order chi connectivity index (χ0) is 10.1. The fourth-order valence-electron chi connectivity index (χ4n) is 1.81. The largest absolute Gasteiger partial charge is 0.0663 e. The summed E-state index contributed by atoms with van der Waals surface area (Å²) in [5.74, 6) is 0. The highest BCUT2D eigenvalue weighted by Gasteiger charge is 2.19. The topological polar surface area (TPSA) is 0 Å². The average Bonchev–Trinajstić information content (AvgIpc) is 2.30. The highest BCUT2D eigenvalue weighted by molar-refractivity contribution is 5.37. The van der Waals surface area contributed by atoms with E-state index in [9.17, 15) is 0 Å². The Labute approximate surface area is 82.7 Å². The molecule has 0 N–H and O–H groups in total. The lowest BCUT2D eigenvalue weighted by molar-refractivity contribution is 0.346. The van der Waals surface area contributed by atoms with Crippen LogP contribution >= 0.6 is 0 Å². The first-order valence-electron chi connectivity index (χ1n) is 5.30. The molecule has 0 amide bonds. The molecule has 0 aromatic rings. The molecule has 0 aromatic heterocycles. The molecule has 1 aliphatic rings. The average molecular weight is 178 g/mol. The maximum Gasteiger partial charge on any atom is -0.0102 e. The van der Waals surface area contributed by atoms with E-state index in [1.807, 2.05) is 0 Å². The van der Waals surface area contributed by atoms with Crippen molar-refractivity contribution in [2.75, 3.05) is 0 Å². The van der Waals surface area contributed by atoms with Crippen LogP contribution < -0.4 is 0 Å². The zero-order valence-electron chi connectivity index (χ0n) is 9.70. The van der Waals surface area contributed by atoms with Gasteiger partial charge in [0.15, 0.2) is 0 Å². The van der Waals surface area contributed by atoms with E-state index in [4.69, 9.17) is 0 Å². The van der Waals surface area contributed by atoms with Crippen molar-refractivity contribution in [3.05, 3.63) is 22.8 Å². The molecule has 0 unspecified atom stereocenters. The third-order valence-electron chi connectivity index (χ3n) is 3.25. The molecule has 0 atom stereocenters. The van der Waals surface area contributed by atoms with Gasteiger partial charge in [0.1, 0.15) is 0 Å². The van der Waals surface area contributed by atoms with E-state index in [1.165, 1.54) is 24.8 Å². The lowest BCUT2D eigenvalue weighted by Gasteiger charge is -2.23. The first-order valence-corrected chi connectivity index (χ1v) is 5.30. The van der Waals surface area contributed by atoms with Crippen molar-refractivity contribution in [3.8, 4) is 0 Å². The minimum Gasteiger partial charge on any atom is -0.0663 e. The molecular formula is C13H22. The van der Waals surface area contributed by atoms with Gasteiger partial charge < -0.3 is 0 Å². The Kier molecular flexibility index (Phi) is 3.00. The molecule has 0 spiro atoms. The van der Waals surface area contributed by atoms with Crippen LogP contribution in [0.3, 0.4) is 0 Å². The number of hydrogen-bond donors (Lipinski definition) is 0. The summed E-state index contributed by atoms with van der Waals surface area (Å²) in [6.07, 6.45) is 6.13. The van der Waals surface area contributed by atoms with Crippen molar-refractivity contribution < 1.29 is 0 Å². The monoisotopic (exact) mass is 178 g/mol. The number of hydrogen-bond acceptors (Lipinski definition) is 0. The van der Waals surface area contributed by atoms with Crippen LogP contribution in [0.1, 0.15) is 53.9 Å². The summed E-state index contributed by atoms with van der Waals surface area (Å²) < 4.78 is 0. The highest BCUT2D eigenvalue weighted by Crippen LogP contribution is 2.35. The van der Waals surface area contributed by atoms with Gasteiger partial charge in [-0.25, -0.2) is 0 Å². The van der Waals surface area contributed by atoms with Gasteiger partial charge in [-0.05, 0) is 32.1 Å². The Morgan fingerprint density at radius 2 is 1.92 bits per heavy atom. The quantitative estimate of drug-likeness (QED) is 0.597. The Hall–Kier alpha value is -0.520. The van der Waals surface area contributed by atoms with Gasteiger partial charge in [0.2, 0.25) is 0 Å². The van der Waals surface area contributed by atoms with Crippen molar-refractivity contribution in [1.29, 1.82) is 0 Å². The van der Waals surface area contributed by atoms with Gasteiger partial charge in [-0.2, -0.15) is 0 Å². The molecule has 1 rings (SSSR count). The predicted octanol–water partition coefficient (Wildman–Crippen LogP) is 4.48. The van der Waals surface area contributed by atoms with E-state index in [0.717, 1.165) is 0 Å². The fraction of sp³-hybridized carbons (Fsp3) is 0.692. The predicted molar refractivity (Wildman–Crippen MR) is 59.8 cm³/mol. The van der Waals surface area contributed by atoms with Crippen molar-refractivity contribution >= 4 is 0 Å². The highest BCUT2D eigenvalue weighted by atomic mass is 14.2. The summed E-state index contributed by atoms with van der Waals surface area (Å²) in [6.45, 7) is 11.5. The third kappa shape index (κ3) is 2.72. The molecule has 0 fully saturated rings. The van der Waals surface area contributed by atoms with Gasteiger partial charge in [0.05, 0.1) is 0 Å². The van der Waals surface area contributed by atoms with Crippen LogP contribution in [0.2, 0.25) is 0 Å². The Bertz CT molecular complexity index is 251. The van der Waals surface area contributed by atoms with Crippen LogP contribution in [-0.2, 0) is 0 Å². The van der Waals surface area contributed by atoms with E-state index in [2.05, 4.69) is 40.7 Å². The van der Waals surface area contributed by atoms with Crippen LogP contribution in [0, 0.1) is 5.41 Å². The van der Waals surface area contributed by atoms with E-state index >= 15 is 0 Å². The number of rotatable bonds is 3. The second kappa shape index (κ2) is 3.69. The maximum absolute atomic E-state index is 2.38. The molecule has 0 heteroatoms. The van der Waals surface area contributed by atoms with Gasteiger partial charge in [-0.3, -0.25) is 0 Å². The normalized spacial score (nSPS) is 18.1. The van der Waals surface area contributed by atoms with E-state index in [0.29, 0.717) is 5.41 Å². The second-order valence-corrected chi connectivity index (χ2v) is 5.14. The van der Waals surface area contributed by atoms with E-state index < -0.39 is 0 Å². The summed E-state index contributed by atoms with van der Waals surface area (Å²) in [5, 5.41) is 0. The third-order valence-corrected chi connectivity index (χ3v) is 3.25. The van der Waals surface area contributed by atoms with Crippen LogP contribution in [0.25, 0.3) is 0 Å². The summed E-state index contributed by atoms with van der Waals surface area (Å²) >= 11 is 0. The van der Waals surface area contributed by atoms with Gasteiger partial charge in [-0.1, -0.05) is 50.0 Å². The smallest absolute Gasteiger partial charge is 0.0102 e. The summed E-state index contributed by atoms with van der Waals surface area (Å²) in [7, 11) is 0. The molecule has 0 saturated heterocycles. The number of allylic oxidation sites excluding steroid dienone is 4. The van der Waals surface area contributed by atoms with E-state index in [1.54, 1.807) is 11.1 Å². The molecule has 0 aromatic carbocycles. The maximum atomic E-state index is 2.38. The molecule has 0 saturated carbocycles. The van der Waals surface area contributed by atoms with Gasteiger partial charge in [-0.15, -0.1) is 0 Å². The Balaban J connectivity index is 2.57. The summed E-state index contributed by atoms with van der Waals surface area (Å²) in [4.78, 5) is 0. The van der Waals surface area contributed by atoms with Gasteiger partial charge in [0.25, 0.3) is 0 Å². The van der Waals surface area contributed by atoms with Crippen LogP contribution in [0.15, 0.2) is 22.8 Å². The van der Waals surface area contributed by atoms with Crippen molar-refractivity contribution in [2.24, 2.45) is 5.41 Å². The van der Waals surface area contributed by atoms with E-state index in [-0.39, 0.29) is 0 Å². The summed E-state index contributed by atoms with van der Waals surface area (Å²) in [5.41, 5.74) is 5.15. The van der Waals surface area contributed by atoms with Gasteiger partial charge in [0, 0.05) is 0 Å². The molecule has 0 aliphatic heterocycles. The van der Waals surface area contributed by atoms with Gasteiger partial charge >= 0.3 is 0 Å². The van der Waals surface area contributed by atoms with Crippen LogP contribution in [0.5, 0.6) is 0 Å². The molecule has 0 heterocycles. The Morgan fingerprint density at radius 3 is 2.31 bits per heavy atom. The molecule has 74 valence electrons. The first-order chi connectivity index (χ1) is 5.94. The lowest BCUT2D eigenvalue weighted by atomic mass is 9.82. The second-order valence-electron chi connectivity index (χ2n) is 5.14. The van der Waals surface area contributed by atoms with Crippen molar-refractivity contribution in [3.63, 3.8) is 0 Å². The molecule has 0 radical (unpaired) electrons. The standard InChI is InChI=1S/C13H22/c1-6-13(4,5)9-12-7-10(2)11(3)8-12/h7H,6,8-9H2,1-5H3. The minimum atomic E-state index is 0.483. The zero-order valence-corrected chi connectivity index (χ0v) is 9.70. The minimum absolute atomic E-state index is 0.483. The molecule has 13 heavy (non-hydrogen) atoms. The fourth-order valence-corrected chi connectivity index (χ4v) is 1.81. The van der Waals surface area contributed by atoms with Crippen LogP contribution in [-0.4, -0.2) is 0 Å². The van der Waals surface area contributed by atoms with Crippen molar-refractivity contribution in [1.82, 2.24) is 0 Å². The molecular weight excluding hydrogens is 156 g/mol. The van der Waals surface area contributed by atoms with Crippen LogP contribution in [0.4, 0.5) is 0 Å².